The Hall–Kier alpha value is -2.35. The molecule has 8 heteroatoms. The van der Waals surface area contributed by atoms with Gasteiger partial charge in [-0.1, -0.05) is 6.07 Å². The van der Waals surface area contributed by atoms with Crippen LogP contribution < -0.4 is 10.6 Å². The number of guanidine groups is 1. The van der Waals surface area contributed by atoms with Crippen molar-refractivity contribution in [3.05, 3.63) is 30.1 Å². The van der Waals surface area contributed by atoms with Crippen LogP contribution >= 0.6 is 0 Å². The maximum atomic E-state index is 12.6. The molecule has 1 aliphatic rings. The van der Waals surface area contributed by atoms with E-state index in [4.69, 9.17) is 9.47 Å². The van der Waals surface area contributed by atoms with Gasteiger partial charge in [0.05, 0.1) is 6.54 Å². The minimum atomic E-state index is -0.531. The van der Waals surface area contributed by atoms with Crippen LogP contribution in [-0.2, 0) is 16.0 Å². The molecule has 1 aliphatic carbocycles. The first-order valence-corrected chi connectivity index (χ1v) is 11.3. The van der Waals surface area contributed by atoms with Gasteiger partial charge >= 0.3 is 6.09 Å². The third kappa shape index (κ3) is 11.6. The van der Waals surface area contributed by atoms with Crippen LogP contribution in [0.15, 0.2) is 29.5 Å². The van der Waals surface area contributed by atoms with Crippen LogP contribution in [0.3, 0.4) is 0 Å². The van der Waals surface area contributed by atoms with Gasteiger partial charge in [-0.25, -0.2) is 4.79 Å². The lowest BCUT2D eigenvalue weighted by Gasteiger charge is -2.27. The first-order valence-electron chi connectivity index (χ1n) is 11.3. The van der Waals surface area contributed by atoms with Crippen molar-refractivity contribution in [3.63, 3.8) is 0 Å². The number of carbonyl (C=O) groups excluding carboxylic acids is 1. The molecule has 174 valence electrons. The maximum Gasteiger partial charge on any atom is 0.410 e. The number of nitrogens with one attached hydrogen (secondary N) is 2. The van der Waals surface area contributed by atoms with Crippen molar-refractivity contribution in [2.75, 3.05) is 39.9 Å². The van der Waals surface area contributed by atoms with E-state index in [-0.39, 0.29) is 6.09 Å². The lowest BCUT2D eigenvalue weighted by Crippen LogP contribution is -2.41. The van der Waals surface area contributed by atoms with Gasteiger partial charge in [0.15, 0.2) is 5.96 Å². The molecular formula is C23H39N5O3. The summed E-state index contributed by atoms with van der Waals surface area (Å²) in [5, 5.41) is 6.60. The highest BCUT2D eigenvalue weighted by molar-refractivity contribution is 5.79. The Labute approximate surface area is 186 Å². The number of rotatable bonds is 12. The zero-order valence-electron chi connectivity index (χ0n) is 19.5. The van der Waals surface area contributed by atoms with Crippen LogP contribution in [0.2, 0.25) is 0 Å². The van der Waals surface area contributed by atoms with Crippen molar-refractivity contribution in [2.45, 2.75) is 58.6 Å². The minimum absolute atomic E-state index is 0.315. The van der Waals surface area contributed by atoms with E-state index in [0.717, 1.165) is 50.0 Å². The topological polar surface area (TPSA) is 88.1 Å². The average Bonchev–Trinajstić information content (AvgIpc) is 3.55. The molecule has 1 fully saturated rings. The fraction of sp³-hybridized carbons (Fsp3) is 0.696. The maximum absolute atomic E-state index is 12.6. The summed E-state index contributed by atoms with van der Waals surface area (Å²) in [5.41, 5.74) is 0.444. The summed E-state index contributed by atoms with van der Waals surface area (Å²) >= 11 is 0. The molecule has 2 rings (SSSR count). The van der Waals surface area contributed by atoms with E-state index in [0.29, 0.717) is 19.6 Å². The fourth-order valence-corrected chi connectivity index (χ4v) is 2.89. The molecule has 0 spiro atoms. The fourth-order valence-electron chi connectivity index (χ4n) is 2.89. The highest BCUT2D eigenvalue weighted by Gasteiger charge is 2.22. The summed E-state index contributed by atoms with van der Waals surface area (Å²) in [6, 6.07) is 3.83. The van der Waals surface area contributed by atoms with Crippen molar-refractivity contribution in [1.29, 1.82) is 0 Å². The molecular weight excluding hydrogens is 394 g/mol. The van der Waals surface area contributed by atoms with Crippen molar-refractivity contribution in [1.82, 2.24) is 20.5 Å². The highest BCUT2D eigenvalue weighted by Crippen LogP contribution is 2.28. The Morgan fingerprint density at radius 3 is 2.61 bits per heavy atom. The molecule has 1 heterocycles. The number of hydrogen-bond donors (Lipinski definition) is 2. The predicted octanol–water partition coefficient (Wildman–Crippen LogP) is 3.19. The van der Waals surface area contributed by atoms with Crippen molar-refractivity contribution < 1.29 is 14.3 Å². The first-order chi connectivity index (χ1) is 14.9. The van der Waals surface area contributed by atoms with Crippen LogP contribution in [0.1, 0.15) is 52.0 Å². The van der Waals surface area contributed by atoms with E-state index in [1.54, 1.807) is 24.3 Å². The average molecular weight is 434 g/mol. The van der Waals surface area contributed by atoms with Crippen LogP contribution in [-0.4, -0.2) is 67.4 Å². The normalized spacial score (nSPS) is 14.3. The molecule has 0 atom stereocenters. The number of nitrogens with zero attached hydrogens (tertiary/aromatic N) is 3. The second-order valence-corrected chi connectivity index (χ2v) is 8.91. The third-order valence-corrected chi connectivity index (χ3v) is 4.68. The summed E-state index contributed by atoms with van der Waals surface area (Å²) in [6.45, 7) is 9.86. The van der Waals surface area contributed by atoms with Crippen molar-refractivity contribution in [3.8, 4) is 0 Å². The minimum Gasteiger partial charge on any atom is -0.444 e. The number of aromatic nitrogens is 1. The van der Waals surface area contributed by atoms with E-state index in [9.17, 15) is 4.79 Å². The lowest BCUT2D eigenvalue weighted by molar-refractivity contribution is 0.0232. The zero-order chi connectivity index (χ0) is 22.5. The number of ether oxygens (including phenoxy) is 2. The summed E-state index contributed by atoms with van der Waals surface area (Å²) in [4.78, 5) is 22.7. The van der Waals surface area contributed by atoms with Gasteiger partial charge in [0.25, 0.3) is 0 Å². The smallest absolute Gasteiger partial charge is 0.410 e. The SMILES string of the molecule is CN=C(NCCCOCC1CC1)NCCCN(Cc1cccnc1)C(=O)OC(C)(C)C. The number of aliphatic imine (C=N–C) groups is 1. The Morgan fingerprint density at radius 2 is 2.00 bits per heavy atom. The Bertz CT molecular complexity index is 672. The lowest BCUT2D eigenvalue weighted by atomic mass is 10.2. The van der Waals surface area contributed by atoms with E-state index in [1.807, 2.05) is 32.9 Å². The molecule has 1 amide bonds. The van der Waals surface area contributed by atoms with Crippen LogP contribution in [0.5, 0.6) is 0 Å². The van der Waals surface area contributed by atoms with Crippen LogP contribution in [0, 0.1) is 5.92 Å². The molecule has 0 unspecified atom stereocenters. The second-order valence-electron chi connectivity index (χ2n) is 8.91. The van der Waals surface area contributed by atoms with Gasteiger partial charge in [-0.05, 0) is 64.0 Å². The van der Waals surface area contributed by atoms with Gasteiger partial charge in [0.1, 0.15) is 5.60 Å². The van der Waals surface area contributed by atoms with Gasteiger partial charge in [-0.3, -0.25) is 9.98 Å². The molecule has 0 bridgehead atoms. The first kappa shape index (κ1) is 24.9. The number of pyridine rings is 1. The molecule has 0 saturated heterocycles. The van der Waals surface area contributed by atoms with Crippen molar-refractivity contribution in [2.24, 2.45) is 10.9 Å². The summed E-state index contributed by atoms with van der Waals surface area (Å²) in [6.07, 6.45) is 7.55. The molecule has 0 radical (unpaired) electrons. The molecule has 1 aromatic rings. The van der Waals surface area contributed by atoms with E-state index < -0.39 is 5.60 Å². The zero-order valence-corrected chi connectivity index (χ0v) is 19.5. The molecule has 1 saturated carbocycles. The largest absolute Gasteiger partial charge is 0.444 e. The Balaban J connectivity index is 1.69. The van der Waals surface area contributed by atoms with E-state index in [1.165, 1.54) is 12.8 Å². The van der Waals surface area contributed by atoms with Crippen LogP contribution in [0.25, 0.3) is 0 Å². The number of carbonyl (C=O) groups is 1. The Kier molecular flexibility index (Phi) is 10.6. The Morgan fingerprint density at radius 1 is 1.26 bits per heavy atom. The standard InChI is InChI=1S/C23H39N5O3/c1-23(2,3)31-22(29)28(17-20-8-5-11-25-16-20)14-6-12-26-21(24-4)27-13-7-15-30-18-19-9-10-19/h5,8,11,16,19H,6-7,9-10,12-15,17-18H2,1-4H3,(H2,24,26,27). The van der Waals surface area contributed by atoms with Gasteiger partial charge < -0.3 is 25.0 Å². The monoisotopic (exact) mass is 433 g/mol. The molecule has 8 nitrogen and oxygen atoms in total. The highest BCUT2D eigenvalue weighted by atomic mass is 16.6. The summed E-state index contributed by atoms with van der Waals surface area (Å²) in [5.74, 6) is 1.57. The molecule has 0 aliphatic heterocycles. The predicted molar refractivity (Wildman–Crippen MR) is 123 cm³/mol. The second kappa shape index (κ2) is 13.1. The van der Waals surface area contributed by atoms with Crippen molar-refractivity contribution >= 4 is 12.1 Å². The summed E-state index contributed by atoms with van der Waals surface area (Å²) in [7, 11) is 1.76. The number of amides is 1. The van der Waals surface area contributed by atoms with Gasteiger partial charge in [0.2, 0.25) is 0 Å². The molecule has 31 heavy (non-hydrogen) atoms. The summed E-state index contributed by atoms with van der Waals surface area (Å²) < 4.78 is 11.2. The third-order valence-electron chi connectivity index (χ3n) is 4.68. The quantitative estimate of drug-likeness (QED) is 0.299. The van der Waals surface area contributed by atoms with Gasteiger partial charge in [-0.15, -0.1) is 0 Å². The molecule has 2 N–H and O–H groups in total. The van der Waals surface area contributed by atoms with Crippen LogP contribution in [0.4, 0.5) is 4.79 Å². The molecule has 1 aromatic heterocycles. The molecule has 0 aromatic carbocycles. The van der Waals surface area contributed by atoms with E-state index in [2.05, 4.69) is 20.6 Å². The van der Waals surface area contributed by atoms with E-state index >= 15 is 0 Å². The van der Waals surface area contributed by atoms with Gasteiger partial charge in [-0.2, -0.15) is 0 Å². The number of hydrogen-bond acceptors (Lipinski definition) is 5. The van der Waals surface area contributed by atoms with Gasteiger partial charge in [0, 0.05) is 52.3 Å².